The molecule has 0 radical (unpaired) electrons. The Hall–Kier alpha value is -3.03. The van der Waals surface area contributed by atoms with E-state index in [9.17, 15) is 34.9 Å². The van der Waals surface area contributed by atoms with Crippen molar-refractivity contribution in [2.45, 2.75) is 19.1 Å². The Balaban J connectivity index is 0.000000672. The van der Waals surface area contributed by atoms with Gasteiger partial charge in [-0.3, -0.25) is 12.9 Å². The Morgan fingerprint density at radius 1 is 0.938 bits per heavy atom. The fraction of sp³-hybridized carbons (Fsp3) is 0.222. The fourth-order valence-electron chi connectivity index (χ4n) is 3.11. The first-order valence-corrected chi connectivity index (χ1v) is 8.76. The molecule has 1 aromatic heterocycles. The third kappa shape index (κ3) is 5.23. The summed E-state index contributed by atoms with van der Waals surface area (Å²) in [6.07, 6.45) is 1.78. The van der Waals surface area contributed by atoms with E-state index < -0.39 is 42.3 Å². The highest BCUT2D eigenvalue weighted by Gasteiger charge is 2.35. The summed E-state index contributed by atoms with van der Waals surface area (Å²) < 4.78 is 105. The first-order valence-electron chi connectivity index (χ1n) is 8.76. The van der Waals surface area contributed by atoms with Crippen molar-refractivity contribution in [3.8, 4) is 5.69 Å². The quantitative estimate of drug-likeness (QED) is 0.189. The van der Waals surface area contributed by atoms with Gasteiger partial charge in [0.15, 0.2) is 0 Å². The minimum atomic E-state index is -3.67. The minimum absolute atomic E-state index is 0. The molecule has 14 heteroatoms. The topological polar surface area (TPSA) is 30.9 Å². The molecule has 0 N–H and O–H groups in total. The van der Waals surface area contributed by atoms with Gasteiger partial charge < -0.3 is 9.44 Å². The molecule has 0 amide bonds. The number of halogens is 9. The van der Waals surface area contributed by atoms with Crippen LogP contribution in [0.25, 0.3) is 5.69 Å². The zero-order chi connectivity index (χ0) is 22.7. The molecule has 0 bridgehead atoms. The number of fused-ring (bicyclic) bond motifs is 1. The summed E-state index contributed by atoms with van der Waals surface area (Å²) in [5.41, 5.74) is -0.109. The van der Waals surface area contributed by atoms with Crippen LogP contribution in [0.4, 0.5) is 34.9 Å². The smallest absolute Gasteiger partial charge is 0.762 e. The zero-order valence-electron chi connectivity index (χ0n) is 15.9. The van der Waals surface area contributed by atoms with Crippen molar-refractivity contribution >= 4 is 7.54 Å². The molecule has 0 saturated carbocycles. The average molecular weight is 469 g/mol. The fourth-order valence-corrected chi connectivity index (χ4v) is 3.11. The van der Waals surface area contributed by atoms with Crippen molar-refractivity contribution < 1.29 is 48.9 Å². The minimum Gasteiger partial charge on any atom is -1.00 e. The molecule has 1 atom stereocenters. The Morgan fingerprint density at radius 3 is 2.03 bits per heavy atom. The molecule has 0 fully saturated rings. The molecule has 0 spiro atoms. The predicted octanol–water partition coefficient (Wildman–Crippen LogP) is 1.05. The second-order valence-electron chi connectivity index (χ2n) is 6.41. The van der Waals surface area contributed by atoms with Gasteiger partial charge in [0.2, 0.25) is 41.1 Å². The number of benzene rings is 2. The van der Waals surface area contributed by atoms with Crippen molar-refractivity contribution in [3.05, 3.63) is 77.1 Å². The highest BCUT2D eigenvalue weighted by molar-refractivity contribution is 6.33. The number of hydrogen-bond acceptors (Lipinski definition) is 2. The van der Waals surface area contributed by atoms with Gasteiger partial charge >= 0.3 is 13.4 Å². The van der Waals surface area contributed by atoms with Gasteiger partial charge in [0.1, 0.15) is 12.6 Å². The average Bonchev–Trinajstić information content (AvgIpc) is 3.16. The van der Waals surface area contributed by atoms with Crippen LogP contribution in [0.1, 0.15) is 17.4 Å². The number of aromatic nitrogens is 3. The molecule has 2 heterocycles. The van der Waals surface area contributed by atoms with E-state index in [1.807, 2.05) is 30.3 Å². The van der Waals surface area contributed by atoms with Crippen LogP contribution < -0.4 is 9.27 Å². The zero-order valence-corrected chi connectivity index (χ0v) is 15.9. The first kappa shape index (κ1) is 25.2. The van der Waals surface area contributed by atoms with Gasteiger partial charge in [0, 0.05) is 11.5 Å². The van der Waals surface area contributed by atoms with E-state index >= 15 is 0 Å². The van der Waals surface area contributed by atoms with Gasteiger partial charge in [-0.1, -0.05) is 35.0 Å². The molecule has 2 aromatic carbocycles. The summed E-state index contributed by atoms with van der Waals surface area (Å²) >= 11 is 0. The molecule has 1 aliphatic heterocycles. The number of rotatable bonds is 3. The van der Waals surface area contributed by atoms with E-state index in [1.165, 1.54) is 6.33 Å². The van der Waals surface area contributed by atoms with Gasteiger partial charge in [0.05, 0.1) is 6.61 Å². The van der Waals surface area contributed by atoms with Crippen molar-refractivity contribution in [2.24, 2.45) is 0 Å². The first-order chi connectivity index (χ1) is 14.7. The molecule has 3 aromatic rings. The summed E-state index contributed by atoms with van der Waals surface area (Å²) in [5, 5.41) is 3.97. The van der Waals surface area contributed by atoms with Crippen LogP contribution in [0.3, 0.4) is 0 Å². The van der Waals surface area contributed by atoms with Gasteiger partial charge in [-0.05, 0) is 5.56 Å². The van der Waals surface area contributed by atoms with Crippen molar-refractivity contribution in [1.29, 1.82) is 0 Å². The van der Waals surface area contributed by atoms with E-state index in [0.29, 0.717) is 23.5 Å². The van der Waals surface area contributed by atoms with Gasteiger partial charge in [0.25, 0.3) is 0 Å². The van der Waals surface area contributed by atoms with Gasteiger partial charge in [-0.2, -0.15) is 8.78 Å². The number of hydrogen-bond donors (Lipinski definition) is 0. The second-order valence-corrected chi connectivity index (χ2v) is 6.41. The van der Waals surface area contributed by atoms with Crippen LogP contribution in [0, 0.1) is 29.1 Å². The molecule has 0 aliphatic carbocycles. The van der Waals surface area contributed by atoms with Gasteiger partial charge in [-0.25, -0.2) is 17.7 Å². The molecule has 0 unspecified atom stereocenters. The molecule has 4 nitrogen and oxygen atoms in total. The highest BCUT2D eigenvalue weighted by atomic mass is 19.4. The standard InChI is InChI=1S/C18H13F5N3O.BF3.FH/c19-13-14(20)16(22)18(17(23)15(13)21)26-9-25-11(7-27-8-12(25)24-26)6-10-4-2-1-3-5-10;2-1(3)4;/h1-5,9,11H,6-8H2;;1H/q+1;;/p-1/t11-;;/m0../s1. The maximum absolute atomic E-state index is 14.1. The summed E-state index contributed by atoms with van der Waals surface area (Å²) in [7, 11) is -3.67. The Kier molecular flexibility index (Phi) is 8.30. The molecule has 172 valence electrons. The number of nitrogens with zero attached hydrogens (tertiary/aromatic N) is 3. The maximum atomic E-state index is 14.1. The monoisotopic (exact) mass is 469 g/mol. The predicted molar refractivity (Wildman–Crippen MR) is 91.5 cm³/mol. The lowest BCUT2D eigenvalue weighted by Crippen LogP contribution is -3.00. The summed E-state index contributed by atoms with van der Waals surface area (Å²) in [6, 6.07) is 9.24. The molecule has 1 aliphatic rings. The molecular formula is C18H13BF9N3O. The van der Waals surface area contributed by atoms with E-state index in [1.54, 1.807) is 4.57 Å². The van der Waals surface area contributed by atoms with E-state index in [-0.39, 0.29) is 17.4 Å². The van der Waals surface area contributed by atoms with Crippen LogP contribution in [-0.2, 0) is 17.8 Å². The third-order valence-electron chi connectivity index (χ3n) is 4.42. The van der Waals surface area contributed by atoms with Crippen LogP contribution in [0.5, 0.6) is 0 Å². The van der Waals surface area contributed by atoms with Crippen LogP contribution in [0.2, 0.25) is 0 Å². The van der Waals surface area contributed by atoms with Crippen LogP contribution in [-0.4, -0.2) is 23.9 Å². The van der Waals surface area contributed by atoms with Crippen LogP contribution >= 0.6 is 0 Å². The number of ether oxygens (including phenoxy) is 1. The van der Waals surface area contributed by atoms with Crippen molar-refractivity contribution in [3.63, 3.8) is 0 Å². The lowest BCUT2D eigenvalue weighted by Gasteiger charge is -2.19. The third-order valence-corrected chi connectivity index (χ3v) is 4.42. The highest BCUT2D eigenvalue weighted by Crippen LogP contribution is 2.26. The Labute approximate surface area is 175 Å². The normalized spacial score (nSPS) is 14.7. The Bertz CT molecular complexity index is 1030. The summed E-state index contributed by atoms with van der Waals surface area (Å²) in [4.78, 5) is 0. The lowest BCUT2D eigenvalue weighted by atomic mass is 10.1. The molecule has 4 rings (SSSR count). The molecule has 0 saturated heterocycles. The Morgan fingerprint density at radius 2 is 1.47 bits per heavy atom. The SMILES string of the molecule is FB(F)F.Fc1c(F)c(F)c(-n2c[n+]3c(n2)COC[C@@H]3Cc2ccccc2)c(F)c1F.[F-]. The van der Waals surface area contributed by atoms with E-state index in [4.69, 9.17) is 4.74 Å². The molecule has 32 heavy (non-hydrogen) atoms. The lowest BCUT2D eigenvalue weighted by molar-refractivity contribution is -0.742. The largest absolute Gasteiger partial charge is 1.00 e. The second kappa shape index (κ2) is 10.5. The van der Waals surface area contributed by atoms with Crippen molar-refractivity contribution in [1.82, 2.24) is 9.78 Å². The summed E-state index contributed by atoms with van der Waals surface area (Å²) in [5.74, 6) is -9.78. The summed E-state index contributed by atoms with van der Waals surface area (Å²) in [6.45, 7) is 0.392. The molecular weight excluding hydrogens is 456 g/mol. The van der Waals surface area contributed by atoms with Gasteiger partial charge in [-0.15, -0.1) is 0 Å². The van der Waals surface area contributed by atoms with E-state index in [2.05, 4.69) is 5.10 Å². The van der Waals surface area contributed by atoms with Crippen molar-refractivity contribution in [2.75, 3.05) is 6.61 Å². The maximum Gasteiger partial charge on any atom is 0.762 e. The van der Waals surface area contributed by atoms with Crippen LogP contribution in [0.15, 0.2) is 36.7 Å². The van der Waals surface area contributed by atoms with E-state index in [0.717, 1.165) is 5.56 Å².